The Morgan fingerprint density at radius 3 is 2.78 bits per heavy atom. The lowest BCUT2D eigenvalue weighted by Gasteiger charge is -2.38. The maximum atomic E-state index is 12.3. The van der Waals surface area contributed by atoms with Crippen molar-refractivity contribution in [1.29, 1.82) is 0 Å². The average molecular weight is 400 g/mol. The van der Waals surface area contributed by atoms with Gasteiger partial charge in [-0.15, -0.1) is 0 Å². The number of aliphatic carboxylic acids is 1. The Morgan fingerprint density at radius 2 is 2.15 bits per heavy atom. The first kappa shape index (κ1) is 21.5. The third-order valence-electron chi connectivity index (χ3n) is 4.34. The first-order chi connectivity index (χ1) is 12.5. The summed E-state index contributed by atoms with van der Waals surface area (Å²) in [7, 11) is -3.39. The van der Waals surface area contributed by atoms with Gasteiger partial charge in [0.05, 0.1) is 17.9 Å². The number of hydrogen-bond acceptors (Lipinski definition) is 5. The zero-order chi connectivity index (χ0) is 20.2. The Kier molecular flexibility index (Phi) is 6.75. The summed E-state index contributed by atoms with van der Waals surface area (Å²) in [5, 5.41) is 8.78. The smallest absolute Gasteiger partial charge is 0.303 e. The zero-order valence-corrected chi connectivity index (χ0v) is 17.1. The minimum absolute atomic E-state index is 0.0306. The van der Waals surface area contributed by atoms with Crippen molar-refractivity contribution in [1.82, 2.24) is 4.72 Å². The number of nitrogens with one attached hydrogen (secondary N) is 1. The molecule has 1 heterocycles. The van der Waals surface area contributed by atoms with Crippen molar-refractivity contribution in [2.45, 2.75) is 71.1 Å². The van der Waals surface area contributed by atoms with Gasteiger partial charge in [-0.25, -0.2) is 13.1 Å². The molecule has 2 atom stereocenters. The van der Waals surface area contributed by atoms with E-state index in [-0.39, 0.29) is 18.3 Å². The van der Waals surface area contributed by atoms with Crippen molar-refractivity contribution in [3.63, 3.8) is 0 Å². The van der Waals surface area contributed by atoms with Crippen LogP contribution in [0.3, 0.4) is 0 Å². The van der Waals surface area contributed by atoms with E-state index in [1.807, 2.05) is 27.7 Å². The van der Waals surface area contributed by atoms with Gasteiger partial charge in [0, 0.05) is 18.4 Å². The Bertz CT molecular complexity index is 774. The molecule has 0 radical (unpaired) electrons. The van der Waals surface area contributed by atoms with Crippen LogP contribution in [0.5, 0.6) is 11.5 Å². The third kappa shape index (κ3) is 6.39. The number of carboxylic acid groups (broad SMARTS) is 1. The van der Waals surface area contributed by atoms with Crippen LogP contribution in [0.25, 0.3) is 0 Å². The van der Waals surface area contributed by atoms with Gasteiger partial charge in [0.1, 0.15) is 17.1 Å². The van der Waals surface area contributed by atoms with Crippen LogP contribution in [0.1, 0.15) is 65.0 Å². The van der Waals surface area contributed by atoms with Gasteiger partial charge in [-0.05, 0) is 51.8 Å². The Labute approximate surface area is 161 Å². The fourth-order valence-corrected chi connectivity index (χ4v) is 4.47. The monoisotopic (exact) mass is 399 g/mol. The van der Waals surface area contributed by atoms with Crippen molar-refractivity contribution in [2.75, 3.05) is 5.75 Å². The first-order valence-corrected chi connectivity index (χ1v) is 10.9. The van der Waals surface area contributed by atoms with E-state index in [2.05, 4.69) is 4.72 Å². The summed E-state index contributed by atoms with van der Waals surface area (Å²) in [6, 6.07) is 4.91. The molecule has 1 aromatic rings. The lowest BCUT2D eigenvalue weighted by molar-refractivity contribution is -0.137. The SMILES string of the molecule is CCCS(=O)(=O)NC1CC(C)(C)Oc2ccc(OC(C)CCC(=O)O)cc21. The van der Waals surface area contributed by atoms with Crippen molar-refractivity contribution in [3.8, 4) is 11.5 Å². The molecular formula is C19H29NO6S. The highest BCUT2D eigenvalue weighted by atomic mass is 32.2. The summed E-state index contributed by atoms with van der Waals surface area (Å²) in [5.41, 5.74) is 0.237. The third-order valence-corrected chi connectivity index (χ3v) is 5.92. The van der Waals surface area contributed by atoms with Crippen molar-refractivity contribution >= 4 is 16.0 Å². The molecule has 0 saturated heterocycles. The highest BCUT2D eigenvalue weighted by Crippen LogP contribution is 2.41. The summed E-state index contributed by atoms with van der Waals surface area (Å²) < 4.78 is 39.2. The van der Waals surface area contributed by atoms with Gasteiger partial charge in [-0.1, -0.05) is 6.92 Å². The predicted octanol–water partition coefficient (Wildman–Crippen LogP) is 3.25. The summed E-state index contributed by atoms with van der Waals surface area (Å²) in [6.45, 7) is 7.49. The molecule has 0 aromatic heterocycles. The van der Waals surface area contributed by atoms with Crippen LogP contribution in [-0.2, 0) is 14.8 Å². The summed E-state index contributed by atoms with van der Waals surface area (Å²) >= 11 is 0. The van der Waals surface area contributed by atoms with E-state index < -0.39 is 27.6 Å². The maximum Gasteiger partial charge on any atom is 0.303 e. The molecule has 7 nitrogen and oxygen atoms in total. The lowest BCUT2D eigenvalue weighted by Crippen LogP contribution is -2.41. The van der Waals surface area contributed by atoms with Gasteiger partial charge < -0.3 is 14.6 Å². The zero-order valence-electron chi connectivity index (χ0n) is 16.3. The highest BCUT2D eigenvalue weighted by molar-refractivity contribution is 7.89. The van der Waals surface area contributed by atoms with E-state index in [1.54, 1.807) is 18.2 Å². The van der Waals surface area contributed by atoms with Gasteiger partial charge >= 0.3 is 5.97 Å². The van der Waals surface area contributed by atoms with E-state index >= 15 is 0 Å². The number of carboxylic acids is 1. The van der Waals surface area contributed by atoms with E-state index in [0.717, 1.165) is 5.56 Å². The highest BCUT2D eigenvalue weighted by Gasteiger charge is 2.36. The minimum Gasteiger partial charge on any atom is -0.491 e. The van der Waals surface area contributed by atoms with Crippen molar-refractivity contribution in [2.24, 2.45) is 0 Å². The molecule has 2 unspecified atom stereocenters. The second kappa shape index (κ2) is 8.48. The molecule has 1 aliphatic rings. The van der Waals surface area contributed by atoms with E-state index in [4.69, 9.17) is 14.6 Å². The maximum absolute atomic E-state index is 12.3. The fraction of sp³-hybridized carbons (Fsp3) is 0.632. The predicted molar refractivity (Wildman–Crippen MR) is 103 cm³/mol. The molecule has 2 rings (SSSR count). The molecule has 1 aliphatic heterocycles. The first-order valence-electron chi connectivity index (χ1n) is 9.23. The topological polar surface area (TPSA) is 102 Å². The Balaban J connectivity index is 2.24. The molecule has 0 saturated carbocycles. The summed E-state index contributed by atoms with van der Waals surface area (Å²) in [4.78, 5) is 10.7. The van der Waals surface area contributed by atoms with Gasteiger partial charge in [0.15, 0.2) is 0 Å². The molecular weight excluding hydrogens is 370 g/mol. The van der Waals surface area contributed by atoms with Crippen LogP contribution in [0, 0.1) is 0 Å². The standard InChI is InChI=1S/C19H29NO6S/c1-5-10-27(23,24)20-16-12-19(3,4)26-17-8-7-14(11-15(16)17)25-13(2)6-9-18(21)22/h7-8,11,13,16,20H,5-6,9-10,12H2,1-4H3,(H,21,22). The fourth-order valence-electron chi connectivity index (χ4n) is 3.17. The number of hydrogen-bond donors (Lipinski definition) is 2. The van der Waals surface area contributed by atoms with E-state index in [9.17, 15) is 13.2 Å². The van der Waals surface area contributed by atoms with Gasteiger partial charge in [0.25, 0.3) is 0 Å². The van der Waals surface area contributed by atoms with Crippen LogP contribution in [0.2, 0.25) is 0 Å². The molecule has 0 amide bonds. The molecule has 2 N–H and O–H groups in total. The van der Waals surface area contributed by atoms with Crippen LogP contribution in [0.4, 0.5) is 0 Å². The number of carbonyl (C=O) groups is 1. The van der Waals surface area contributed by atoms with Crippen LogP contribution >= 0.6 is 0 Å². The van der Waals surface area contributed by atoms with E-state index in [0.29, 0.717) is 30.8 Å². The molecule has 0 aliphatic carbocycles. The molecule has 0 spiro atoms. The van der Waals surface area contributed by atoms with Crippen LogP contribution in [0.15, 0.2) is 18.2 Å². The Hall–Kier alpha value is -1.80. The summed E-state index contributed by atoms with van der Waals surface area (Å²) in [6.07, 6.45) is 1.20. The molecule has 152 valence electrons. The average Bonchev–Trinajstić information content (AvgIpc) is 2.52. The van der Waals surface area contributed by atoms with Crippen LogP contribution in [-0.4, -0.2) is 37.0 Å². The van der Waals surface area contributed by atoms with Crippen molar-refractivity contribution < 1.29 is 27.8 Å². The normalized spacial score (nSPS) is 19.6. The van der Waals surface area contributed by atoms with Gasteiger partial charge in [0.2, 0.25) is 10.0 Å². The van der Waals surface area contributed by atoms with Gasteiger partial charge in [-0.2, -0.15) is 0 Å². The number of fused-ring (bicyclic) bond motifs is 1. The molecule has 1 aromatic carbocycles. The second-order valence-corrected chi connectivity index (χ2v) is 9.49. The van der Waals surface area contributed by atoms with Crippen LogP contribution < -0.4 is 14.2 Å². The van der Waals surface area contributed by atoms with Crippen molar-refractivity contribution in [3.05, 3.63) is 23.8 Å². The number of benzene rings is 1. The molecule has 27 heavy (non-hydrogen) atoms. The second-order valence-electron chi connectivity index (χ2n) is 7.62. The number of ether oxygens (including phenoxy) is 2. The Morgan fingerprint density at radius 1 is 1.44 bits per heavy atom. The largest absolute Gasteiger partial charge is 0.491 e. The number of sulfonamides is 1. The summed E-state index contributed by atoms with van der Waals surface area (Å²) in [5.74, 6) is 0.398. The minimum atomic E-state index is -3.39. The molecule has 8 heteroatoms. The number of rotatable bonds is 9. The van der Waals surface area contributed by atoms with E-state index in [1.165, 1.54) is 0 Å². The molecule has 0 fully saturated rings. The quantitative estimate of drug-likeness (QED) is 0.661. The lowest BCUT2D eigenvalue weighted by atomic mass is 9.90. The van der Waals surface area contributed by atoms with Gasteiger partial charge in [-0.3, -0.25) is 4.79 Å². The molecule has 0 bridgehead atoms.